The minimum atomic E-state index is -4.65. The molecule has 36 heavy (non-hydrogen) atoms. The molecule has 0 aliphatic heterocycles. The largest absolute Gasteiger partial charge is 0.481 e. The second-order valence-electron chi connectivity index (χ2n) is 7.70. The zero-order chi connectivity index (χ0) is 26.2. The van der Waals surface area contributed by atoms with E-state index < -0.39 is 18.0 Å². The minimum absolute atomic E-state index is 0.0683. The molecule has 0 saturated heterocycles. The molecular formula is C23H21ClF3N5O4. The Hall–Kier alpha value is -3.80. The van der Waals surface area contributed by atoms with Crippen molar-refractivity contribution in [3.05, 3.63) is 58.0 Å². The number of aromatic nitrogens is 5. The van der Waals surface area contributed by atoms with E-state index in [1.54, 1.807) is 26.0 Å². The van der Waals surface area contributed by atoms with Crippen molar-refractivity contribution in [2.24, 2.45) is 0 Å². The second kappa shape index (κ2) is 9.69. The summed E-state index contributed by atoms with van der Waals surface area (Å²) < 4.78 is 59.1. The van der Waals surface area contributed by atoms with Crippen LogP contribution in [0.25, 0.3) is 16.5 Å². The first-order valence-corrected chi connectivity index (χ1v) is 11.1. The summed E-state index contributed by atoms with van der Waals surface area (Å²) in [5, 5.41) is 4.92. The van der Waals surface area contributed by atoms with Crippen molar-refractivity contribution >= 4 is 22.4 Å². The molecule has 0 spiro atoms. The van der Waals surface area contributed by atoms with Crippen LogP contribution in [0.15, 0.2) is 41.5 Å². The number of pyridine rings is 2. The zero-order valence-electron chi connectivity index (χ0n) is 19.6. The van der Waals surface area contributed by atoms with Crippen LogP contribution in [0, 0.1) is 6.92 Å². The lowest BCUT2D eigenvalue weighted by Crippen LogP contribution is -2.31. The van der Waals surface area contributed by atoms with Crippen molar-refractivity contribution in [2.45, 2.75) is 39.6 Å². The summed E-state index contributed by atoms with van der Waals surface area (Å²) in [5.74, 6) is 0.509. The highest BCUT2D eigenvalue weighted by molar-refractivity contribution is 6.32. The summed E-state index contributed by atoms with van der Waals surface area (Å²) in [6, 6.07) is 5.84. The van der Waals surface area contributed by atoms with Gasteiger partial charge < -0.3 is 14.2 Å². The van der Waals surface area contributed by atoms with Crippen LogP contribution < -0.4 is 19.9 Å². The van der Waals surface area contributed by atoms with Crippen molar-refractivity contribution < 1.29 is 27.4 Å². The molecule has 1 aromatic carbocycles. The summed E-state index contributed by atoms with van der Waals surface area (Å²) >= 11 is 6.19. The van der Waals surface area contributed by atoms with E-state index in [0.717, 1.165) is 11.6 Å². The van der Waals surface area contributed by atoms with Gasteiger partial charge in [-0.2, -0.15) is 23.0 Å². The normalized spacial score (nSPS) is 12.6. The van der Waals surface area contributed by atoms with Gasteiger partial charge in [-0.1, -0.05) is 11.6 Å². The van der Waals surface area contributed by atoms with Crippen molar-refractivity contribution in [3.8, 4) is 28.9 Å². The average molecular weight is 524 g/mol. The first-order chi connectivity index (χ1) is 17.0. The topological polar surface area (TPSA) is 93.3 Å². The molecule has 0 fully saturated rings. The molecule has 4 rings (SSSR count). The molecule has 4 aromatic rings. The van der Waals surface area contributed by atoms with Crippen LogP contribution >= 0.6 is 11.6 Å². The number of nitrogens with zero attached hydrogens (tertiary/aromatic N) is 5. The van der Waals surface area contributed by atoms with Crippen LogP contribution in [0.1, 0.15) is 19.7 Å². The highest BCUT2D eigenvalue weighted by Gasteiger charge is 2.38. The van der Waals surface area contributed by atoms with Gasteiger partial charge in [-0.25, -0.2) is 14.8 Å². The first kappa shape index (κ1) is 25.3. The smallest absolute Gasteiger partial charge is 0.425 e. The van der Waals surface area contributed by atoms with E-state index in [-0.39, 0.29) is 39.4 Å². The van der Waals surface area contributed by atoms with E-state index in [4.69, 9.17) is 25.8 Å². The molecule has 9 nitrogen and oxygen atoms in total. The maximum atomic E-state index is 13.4. The fourth-order valence-electron chi connectivity index (χ4n) is 3.50. The number of ether oxygens (including phenoxy) is 3. The van der Waals surface area contributed by atoms with Crippen LogP contribution in [0.4, 0.5) is 13.2 Å². The van der Waals surface area contributed by atoms with Crippen molar-refractivity contribution in [2.75, 3.05) is 7.11 Å². The number of aryl methyl sites for hydroxylation is 1. The maximum Gasteiger partial charge on any atom is 0.425 e. The molecule has 0 amide bonds. The Morgan fingerprint density at radius 3 is 2.56 bits per heavy atom. The van der Waals surface area contributed by atoms with Gasteiger partial charge in [-0.3, -0.25) is 4.57 Å². The van der Waals surface area contributed by atoms with Gasteiger partial charge in [0.1, 0.15) is 16.6 Å². The third-order valence-electron chi connectivity index (χ3n) is 5.36. The molecule has 0 bridgehead atoms. The summed E-state index contributed by atoms with van der Waals surface area (Å²) in [7, 11) is 1.41. The molecule has 0 radical (unpaired) electrons. The Balaban J connectivity index is 1.93. The average Bonchev–Trinajstić information content (AvgIpc) is 3.12. The third kappa shape index (κ3) is 4.81. The van der Waals surface area contributed by atoms with Gasteiger partial charge in [-0.15, -0.1) is 0 Å². The molecule has 0 saturated carbocycles. The van der Waals surface area contributed by atoms with E-state index in [9.17, 15) is 18.0 Å². The molecular weight excluding hydrogens is 503 g/mol. The van der Waals surface area contributed by atoms with Crippen LogP contribution in [0.3, 0.4) is 0 Å². The van der Waals surface area contributed by atoms with Gasteiger partial charge in [-0.05, 0) is 38.3 Å². The predicted octanol–water partition coefficient (Wildman–Crippen LogP) is 5.09. The van der Waals surface area contributed by atoms with E-state index in [1.807, 2.05) is 0 Å². The van der Waals surface area contributed by atoms with Gasteiger partial charge in [0, 0.05) is 24.9 Å². The number of hydrogen-bond acceptors (Lipinski definition) is 7. The molecule has 1 atom stereocenters. The maximum absolute atomic E-state index is 13.4. The molecule has 1 unspecified atom stereocenters. The number of methoxy groups -OCH3 is 1. The van der Waals surface area contributed by atoms with Crippen LogP contribution in [-0.4, -0.2) is 43.7 Å². The van der Waals surface area contributed by atoms with Gasteiger partial charge in [0.2, 0.25) is 11.8 Å². The Morgan fingerprint density at radius 2 is 1.92 bits per heavy atom. The SMILES string of the molecule is CCn1c(C)nn(-c2cc(OC(C)C(F)(F)F)c3c(Oc4cc(OC)ncc4Cl)nccc3c2)c1=O. The number of rotatable bonds is 7. The standard InChI is InChI=1S/C23H21ClF3N5O4/c1-5-31-13(3)30-32(22(31)33)15-8-14-6-7-28-21(36-17-10-19(34-4)29-11-16(17)24)20(14)18(9-15)35-12(2)23(25,26)27/h6-12H,5H2,1-4H3. The monoisotopic (exact) mass is 523 g/mol. The van der Waals surface area contributed by atoms with E-state index >= 15 is 0 Å². The van der Waals surface area contributed by atoms with Gasteiger partial charge in [0.15, 0.2) is 11.9 Å². The Labute approximate surface area is 208 Å². The van der Waals surface area contributed by atoms with Crippen LogP contribution in [0.2, 0.25) is 5.02 Å². The number of benzene rings is 1. The number of fused-ring (bicyclic) bond motifs is 1. The quantitative estimate of drug-likeness (QED) is 0.333. The zero-order valence-corrected chi connectivity index (χ0v) is 20.4. The first-order valence-electron chi connectivity index (χ1n) is 10.7. The number of alkyl halides is 3. The molecule has 0 aliphatic carbocycles. The van der Waals surface area contributed by atoms with Gasteiger partial charge in [0.25, 0.3) is 0 Å². The Kier molecular flexibility index (Phi) is 6.81. The summed E-state index contributed by atoms with van der Waals surface area (Å²) in [6.45, 7) is 4.70. The lowest BCUT2D eigenvalue weighted by molar-refractivity contribution is -0.189. The van der Waals surface area contributed by atoms with Crippen molar-refractivity contribution in [3.63, 3.8) is 0 Å². The van der Waals surface area contributed by atoms with Gasteiger partial charge in [0.05, 0.1) is 24.4 Å². The fourth-order valence-corrected chi connectivity index (χ4v) is 3.65. The van der Waals surface area contributed by atoms with Crippen molar-refractivity contribution in [1.82, 2.24) is 24.3 Å². The highest BCUT2D eigenvalue weighted by Crippen LogP contribution is 2.40. The molecule has 3 aromatic heterocycles. The molecule has 3 heterocycles. The fraction of sp³-hybridized carbons (Fsp3) is 0.304. The Morgan fingerprint density at radius 1 is 1.17 bits per heavy atom. The van der Waals surface area contributed by atoms with Gasteiger partial charge >= 0.3 is 11.9 Å². The summed E-state index contributed by atoms with van der Waals surface area (Å²) in [4.78, 5) is 21.0. The lowest BCUT2D eigenvalue weighted by Gasteiger charge is -2.20. The van der Waals surface area contributed by atoms with E-state index in [1.165, 1.54) is 36.2 Å². The highest BCUT2D eigenvalue weighted by atomic mass is 35.5. The van der Waals surface area contributed by atoms with E-state index in [2.05, 4.69) is 15.1 Å². The molecule has 0 aliphatic rings. The summed E-state index contributed by atoms with van der Waals surface area (Å²) in [5.41, 5.74) is -0.224. The minimum Gasteiger partial charge on any atom is -0.481 e. The third-order valence-corrected chi connectivity index (χ3v) is 5.64. The molecule has 0 N–H and O–H groups in total. The predicted molar refractivity (Wildman–Crippen MR) is 126 cm³/mol. The number of hydrogen-bond donors (Lipinski definition) is 0. The second-order valence-corrected chi connectivity index (χ2v) is 8.11. The Bertz CT molecular complexity index is 1490. The van der Waals surface area contributed by atoms with Crippen LogP contribution in [0.5, 0.6) is 23.3 Å². The lowest BCUT2D eigenvalue weighted by atomic mass is 10.1. The summed E-state index contributed by atoms with van der Waals surface area (Å²) in [6.07, 6.45) is -4.10. The van der Waals surface area contributed by atoms with Crippen molar-refractivity contribution in [1.29, 1.82) is 0 Å². The molecule has 13 heteroatoms. The van der Waals surface area contributed by atoms with E-state index in [0.29, 0.717) is 17.8 Å². The number of halogens is 4. The molecule has 190 valence electrons. The van der Waals surface area contributed by atoms with Crippen LogP contribution in [-0.2, 0) is 6.54 Å².